The van der Waals surface area contributed by atoms with Crippen molar-refractivity contribution in [2.24, 2.45) is 0 Å². The van der Waals surface area contributed by atoms with Gasteiger partial charge < -0.3 is 10.2 Å². The second-order valence-electron chi connectivity index (χ2n) is 5.42. The van der Waals surface area contributed by atoms with Crippen molar-refractivity contribution in [3.05, 3.63) is 29.8 Å². The summed E-state index contributed by atoms with van der Waals surface area (Å²) in [5.41, 5.74) is 1.91. The topological polar surface area (TPSA) is 58.3 Å². The molecule has 1 N–H and O–H groups in total. The van der Waals surface area contributed by atoms with Gasteiger partial charge in [0.05, 0.1) is 5.52 Å². The van der Waals surface area contributed by atoms with E-state index in [2.05, 4.69) is 25.3 Å². The molecule has 1 fully saturated rings. The molecular weight excluding hydrogens is 271 g/mol. The smallest absolute Gasteiger partial charge is 0.229 e. The summed E-state index contributed by atoms with van der Waals surface area (Å²) in [5, 5.41) is 8.30. The van der Waals surface area contributed by atoms with Crippen LogP contribution in [0.25, 0.3) is 16.6 Å². The van der Waals surface area contributed by atoms with E-state index in [-0.39, 0.29) is 5.82 Å². The van der Waals surface area contributed by atoms with Gasteiger partial charge in [-0.05, 0) is 25.6 Å². The van der Waals surface area contributed by atoms with Crippen LogP contribution >= 0.6 is 0 Å². The molecule has 1 aromatic carbocycles. The molecule has 4 rings (SSSR count). The molecule has 0 spiro atoms. The van der Waals surface area contributed by atoms with E-state index in [9.17, 15) is 4.39 Å². The molecule has 2 aromatic heterocycles. The van der Waals surface area contributed by atoms with E-state index >= 15 is 0 Å². The Bertz CT molecular complexity index is 836. The van der Waals surface area contributed by atoms with Crippen LogP contribution < -0.4 is 10.2 Å². The second kappa shape index (κ2) is 4.36. The lowest BCUT2D eigenvalue weighted by Crippen LogP contribution is -2.58. The number of benzene rings is 1. The molecule has 0 radical (unpaired) electrons. The highest BCUT2D eigenvalue weighted by Gasteiger charge is 2.29. The number of fused-ring (bicyclic) bond motifs is 3. The molecule has 1 aliphatic heterocycles. The molecule has 6 nitrogen and oxygen atoms in total. The van der Waals surface area contributed by atoms with Gasteiger partial charge in [-0.2, -0.15) is 9.61 Å². The van der Waals surface area contributed by atoms with Crippen molar-refractivity contribution < 1.29 is 4.39 Å². The van der Waals surface area contributed by atoms with Crippen LogP contribution in [0.1, 0.15) is 5.56 Å². The van der Waals surface area contributed by atoms with E-state index in [1.165, 1.54) is 12.4 Å². The number of rotatable bonds is 2. The van der Waals surface area contributed by atoms with Crippen LogP contribution in [0.3, 0.4) is 0 Å². The quantitative estimate of drug-likeness (QED) is 0.765. The number of anilines is 1. The molecule has 0 atom stereocenters. The van der Waals surface area contributed by atoms with Gasteiger partial charge in [0.2, 0.25) is 5.95 Å². The highest BCUT2D eigenvalue weighted by molar-refractivity contribution is 5.92. The number of hydrogen-bond donors (Lipinski definition) is 1. The lowest BCUT2D eigenvalue weighted by Gasteiger charge is -2.39. The monoisotopic (exact) mass is 286 g/mol. The van der Waals surface area contributed by atoms with Crippen LogP contribution in [0.15, 0.2) is 18.5 Å². The molecule has 0 unspecified atom stereocenters. The summed E-state index contributed by atoms with van der Waals surface area (Å²) in [4.78, 5) is 11.0. The zero-order chi connectivity index (χ0) is 14.6. The molecule has 0 bridgehead atoms. The highest BCUT2D eigenvalue weighted by Crippen LogP contribution is 2.26. The lowest BCUT2D eigenvalue weighted by molar-refractivity contribution is 0.440. The van der Waals surface area contributed by atoms with E-state index in [1.807, 2.05) is 7.05 Å². The van der Waals surface area contributed by atoms with Crippen molar-refractivity contribution in [3.8, 4) is 0 Å². The van der Waals surface area contributed by atoms with E-state index in [0.29, 0.717) is 28.7 Å². The molecule has 3 heterocycles. The van der Waals surface area contributed by atoms with E-state index in [4.69, 9.17) is 0 Å². The molecule has 0 amide bonds. The minimum absolute atomic E-state index is 0.249. The SMILES string of the molecule is CNC1CN(c2nc3cc(F)c(C)cc3c3ncnn23)C1. The average Bonchev–Trinajstić information content (AvgIpc) is 2.89. The Balaban J connectivity index is 1.93. The van der Waals surface area contributed by atoms with Crippen LogP contribution in [-0.2, 0) is 0 Å². The molecule has 1 saturated heterocycles. The molecule has 0 aliphatic carbocycles. The summed E-state index contributed by atoms with van der Waals surface area (Å²) >= 11 is 0. The molecular formula is C14H15FN6. The Morgan fingerprint density at radius 1 is 1.33 bits per heavy atom. The summed E-state index contributed by atoms with van der Waals surface area (Å²) in [7, 11) is 1.94. The number of hydrogen-bond acceptors (Lipinski definition) is 5. The second-order valence-corrected chi connectivity index (χ2v) is 5.42. The van der Waals surface area contributed by atoms with Gasteiger partial charge in [0.1, 0.15) is 12.1 Å². The average molecular weight is 286 g/mol. The van der Waals surface area contributed by atoms with Crippen molar-refractivity contribution >= 4 is 22.5 Å². The maximum Gasteiger partial charge on any atom is 0.229 e. The minimum Gasteiger partial charge on any atom is -0.337 e. The Morgan fingerprint density at radius 2 is 2.14 bits per heavy atom. The van der Waals surface area contributed by atoms with E-state index in [0.717, 1.165) is 18.5 Å². The predicted octanol–water partition coefficient (Wildman–Crippen LogP) is 1.13. The summed E-state index contributed by atoms with van der Waals surface area (Å²) in [6.45, 7) is 3.46. The first-order valence-corrected chi connectivity index (χ1v) is 6.89. The first-order chi connectivity index (χ1) is 10.2. The summed E-state index contributed by atoms with van der Waals surface area (Å²) in [6.07, 6.45) is 1.51. The first kappa shape index (κ1) is 12.5. The molecule has 1 aliphatic rings. The van der Waals surface area contributed by atoms with Gasteiger partial charge in [-0.15, -0.1) is 0 Å². The summed E-state index contributed by atoms with van der Waals surface area (Å²) in [5.74, 6) is 0.464. The summed E-state index contributed by atoms with van der Waals surface area (Å²) in [6, 6.07) is 3.70. The maximum atomic E-state index is 13.8. The number of nitrogens with one attached hydrogen (secondary N) is 1. The largest absolute Gasteiger partial charge is 0.337 e. The van der Waals surface area contributed by atoms with Gasteiger partial charge in [0, 0.05) is 30.6 Å². The normalized spacial score (nSPS) is 15.9. The third kappa shape index (κ3) is 1.77. The van der Waals surface area contributed by atoms with Gasteiger partial charge in [0.25, 0.3) is 0 Å². The third-order valence-corrected chi connectivity index (χ3v) is 4.05. The molecule has 108 valence electrons. The van der Waals surface area contributed by atoms with Gasteiger partial charge >= 0.3 is 0 Å². The minimum atomic E-state index is -0.249. The number of aryl methyl sites for hydroxylation is 1. The van der Waals surface area contributed by atoms with Crippen LogP contribution in [0, 0.1) is 12.7 Å². The zero-order valence-electron chi connectivity index (χ0n) is 11.8. The van der Waals surface area contributed by atoms with Crippen LogP contribution in [0.5, 0.6) is 0 Å². The molecule has 7 heteroatoms. The Hall–Kier alpha value is -2.28. The standard InChI is InChI=1S/C14H15FN6/c1-8-3-10-12(4-11(8)15)19-14(20-5-9(6-20)16-2)21-13(10)17-7-18-21/h3-4,7,9,16H,5-6H2,1-2H3. The van der Waals surface area contributed by atoms with Crippen molar-refractivity contribution in [3.63, 3.8) is 0 Å². The fraction of sp³-hybridized carbons (Fsp3) is 0.357. The van der Waals surface area contributed by atoms with E-state index in [1.54, 1.807) is 17.5 Å². The van der Waals surface area contributed by atoms with Gasteiger partial charge in [-0.3, -0.25) is 0 Å². The fourth-order valence-corrected chi connectivity index (χ4v) is 2.70. The van der Waals surface area contributed by atoms with Gasteiger partial charge in [-0.25, -0.2) is 14.4 Å². The van der Waals surface area contributed by atoms with Gasteiger partial charge in [0.15, 0.2) is 5.65 Å². The zero-order valence-corrected chi connectivity index (χ0v) is 11.8. The van der Waals surface area contributed by atoms with E-state index < -0.39 is 0 Å². The molecule has 3 aromatic rings. The number of likely N-dealkylation sites (N-methyl/N-ethyl adjacent to an activating group) is 1. The molecule has 21 heavy (non-hydrogen) atoms. The Morgan fingerprint density at radius 3 is 2.90 bits per heavy atom. The number of aromatic nitrogens is 4. The van der Waals surface area contributed by atoms with Gasteiger partial charge in [-0.1, -0.05) is 0 Å². The fourth-order valence-electron chi connectivity index (χ4n) is 2.70. The summed E-state index contributed by atoms with van der Waals surface area (Å²) < 4.78 is 15.5. The highest BCUT2D eigenvalue weighted by atomic mass is 19.1. The third-order valence-electron chi connectivity index (χ3n) is 4.05. The number of nitrogens with zero attached hydrogens (tertiary/aromatic N) is 5. The lowest BCUT2D eigenvalue weighted by atomic mass is 10.1. The van der Waals surface area contributed by atoms with Crippen molar-refractivity contribution in [2.45, 2.75) is 13.0 Å². The number of halogens is 1. The van der Waals surface area contributed by atoms with Crippen molar-refractivity contribution in [2.75, 3.05) is 25.0 Å². The molecule has 0 saturated carbocycles. The van der Waals surface area contributed by atoms with Crippen LogP contribution in [0.2, 0.25) is 0 Å². The Labute approximate surface area is 120 Å². The Kier molecular flexibility index (Phi) is 2.58. The first-order valence-electron chi connectivity index (χ1n) is 6.89. The van der Waals surface area contributed by atoms with Crippen molar-refractivity contribution in [1.82, 2.24) is 24.9 Å². The van der Waals surface area contributed by atoms with Crippen LogP contribution in [0.4, 0.5) is 10.3 Å². The maximum absolute atomic E-state index is 13.8. The van der Waals surface area contributed by atoms with Crippen LogP contribution in [-0.4, -0.2) is 45.8 Å². The van der Waals surface area contributed by atoms with Crippen molar-refractivity contribution in [1.29, 1.82) is 0 Å². The predicted molar refractivity (Wildman–Crippen MR) is 78.0 cm³/mol.